The molecule has 128 valence electrons. The van der Waals surface area contributed by atoms with Gasteiger partial charge in [0.05, 0.1) is 12.1 Å². The van der Waals surface area contributed by atoms with Crippen LogP contribution in [0.15, 0.2) is 23.1 Å². The zero-order valence-electron chi connectivity index (χ0n) is 12.4. The number of amides is 2. The number of sulfonamides is 1. The minimum absolute atomic E-state index is 0.0447. The maximum Gasteiger partial charge on any atom is 0.335 e. The smallest absolute Gasteiger partial charge is 0.335 e. The van der Waals surface area contributed by atoms with Crippen LogP contribution in [0.3, 0.4) is 0 Å². The van der Waals surface area contributed by atoms with E-state index in [1.165, 1.54) is 26.2 Å². The Labute approximate surface area is 141 Å². The summed E-state index contributed by atoms with van der Waals surface area (Å²) in [6.45, 7) is 1.54. The number of anilines is 1. The van der Waals surface area contributed by atoms with E-state index in [4.69, 9.17) is 16.3 Å². The van der Waals surface area contributed by atoms with Crippen LogP contribution in [0.25, 0.3) is 0 Å². The first-order valence-corrected chi connectivity index (χ1v) is 8.16. The third-order valence-electron chi connectivity index (χ3n) is 2.57. The van der Waals surface area contributed by atoms with Gasteiger partial charge in [0.15, 0.2) is 0 Å². The molecular formula is C12H12ClN5O5S. The molecule has 1 aromatic carbocycles. The molecule has 0 fully saturated rings. The molecule has 0 atom stereocenters. The number of methoxy groups -OCH3 is 1. The molecule has 0 saturated heterocycles. The fourth-order valence-electron chi connectivity index (χ4n) is 1.61. The fourth-order valence-corrected chi connectivity index (χ4v) is 3.03. The molecule has 0 aliphatic carbocycles. The van der Waals surface area contributed by atoms with E-state index in [-0.39, 0.29) is 28.6 Å². The standard InChI is InChI=1S/C12H12ClN5O5S/c1-6-14-10(17-12(15-6)23-2)16-11(20)18-24(21,22)9-5-7(19)3-4-8(9)13/h3-5,19H,1-2H3,(H2,14,15,16,17,18,20). The van der Waals surface area contributed by atoms with Crippen LogP contribution in [-0.2, 0) is 10.0 Å². The molecule has 2 aromatic rings. The van der Waals surface area contributed by atoms with Crippen molar-refractivity contribution >= 4 is 33.6 Å². The lowest BCUT2D eigenvalue weighted by Gasteiger charge is -2.10. The second-order valence-corrected chi connectivity index (χ2v) is 6.43. The predicted octanol–water partition coefficient (Wildman–Crippen LogP) is 1.06. The third kappa shape index (κ3) is 4.20. The number of rotatable bonds is 4. The molecule has 0 radical (unpaired) electrons. The summed E-state index contributed by atoms with van der Waals surface area (Å²) < 4.78 is 30.9. The molecule has 0 unspecified atom stereocenters. The maximum absolute atomic E-state index is 12.2. The number of ether oxygens (including phenoxy) is 1. The molecule has 0 saturated carbocycles. The third-order valence-corrected chi connectivity index (χ3v) is 4.38. The Hall–Kier alpha value is -2.66. The van der Waals surface area contributed by atoms with Crippen LogP contribution in [0, 0.1) is 6.92 Å². The number of phenolic OH excluding ortho intramolecular Hbond substituents is 1. The van der Waals surface area contributed by atoms with Crippen LogP contribution in [0.1, 0.15) is 5.82 Å². The highest BCUT2D eigenvalue weighted by atomic mass is 35.5. The van der Waals surface area contributed by atoms with Crippen molar-refractivity contribution in [3.05, 3.63) is 29.0 Å². The number of carbonyl (C=O) groups is 1. The summed E-state index contributed by atoms with van der Waals surface area (Å²) in [7, 11) is -2.99. The van der Waals surface area contributed by atoms with Crippen LogP contribution in [0.5, 0.6) is 11.8 Å². The quantitative estimate of drug-likeness (QED) is 0.721. The first-order chi connectivity index (χ1) is 11.2. The zero-order valence-corrected chi connectivity index (χ0v) is 14.0. The van der Waals surface area contributed by atoms with Gasteiger partial charge in [-0.25, -0.2) is 17.9 Å². The number of carbonyl (C=O) groups excluding carboxylic acids is 1. The van der Waals surface area contributed by atoms with Gasteiger partial charge in [-0.1, -0.05) is 11.6 Å². The number of hydrogen-bond donors (Lipinski definition) is 3. The van der Waals surface area contributed by atoms with Crippen molar-refractivity contribution in [1.82, 2.24) is 19.7 Å². The van der Waals surface area contributed by atoms with Crippen LogP contribution in [-0.4, -0.2) is 41.6 Å². The number of phenols is 1. The van der Waals surface area contributed by atoms with Crippen LogP contribution in [0.4, 0.5) is 10.7 Å². The second-order valence-electron chi connectivity index (χ2n) is 4.37. The Kier molecular flexibility index (Phi) is 5.04. The number of urea groups is 1. The Morgan fingerprint density at radius 1 is 1.29 bits per heavy atom. The number of benzene rings is 1. The normalized spacial score (nSPS) is 11.0. The van der Waals surface area contributed by atoms with Gasteiger partial charge in [-0.15, -0.1) is 0 Å². The van der Waals surface area contributed by atoms with Gasteiger partial charge in [-0.2, -0.15) is 15.0 Å². The Balaban J connectivity index is 2.20. The number of hydrogen-bond acceptors (Lipinski definition) is 8. The Morgan fingerprint density at radius 3 is 2.67 bits per heavy atom. The summed E-state index contributed by atoms with van der Waals surface area (Å²) in [6.07, 6.45) is 0. The fraction of sp³-hybridized carbons (Fsp3) is 0.167. The highest BCUT2D eigenvalue weighted by Gasteiger charge is 2.22. The van der Waals surface area contributed by atoms with Gasteiger partial charge < -0.3 is 9.84 Å². The Bertz CT molecular complexity index is 889. The van der Waals surface area contributed by atoms with Crippen molar-refractivity contribution in [2.75, 3.05) is 12.4 Å². The van der Waals surface area contributed by atoms with Crippen LogP contribution >= 0.6 is 11.6 Å². The molecule has 0 aliphatic rings. The van der Waals surface area contributed by atoms with Crippen molar-refractivity contribution in [3.63, 3.8) is 0 Å². The molecule has 0 spiro atoms. The molecule has 0 bridgehead atoms. The van der Waals surface area contributed by atoms with E-state index in [9.17, 15) is 18.3 Å². The molecule has 3 N–H and O–H groups in total. The molecule has 12 heteroatoms. The van der Waals surface area contributed by atoms with Gasteiger partial charge in [0.1, 0.15) is 16.5 Å². The van der Waals surface area contributed by atoms with Crippen LogP contribution < -0.4 is 14.8 Å². The number of aromatic hydroxyl groups is 1. The SMILES string of the molecule is COc1nc(C)nc(NC(=O)NS(=O)(=O)c2cc(O)ccc2Cl)n1. The van der Waals surface area contributed by atoms with Gasteiger partial charge in [0, 0.05) is 6.07 Å². The number of aryl methyl sites for hydroxylation is 1. The van der Waals surface area contributed by atoms with Crippen molar-refractivity contribution < 1.29 is 23.1 Å². The van der Waals surface area contributed by atoms with Crippen molar-refractivity contribution in [2.45, 2.75) is 11.8 Å². The van der Waals surface area contributed by atoms with Crippen LogP contribution in [0.2, 0.25) is 5.02 Å². The Morgan fingerprint density at radius 2 is 2.00 bits per heavy atom. The number of nitrogens with zero attached hydrogens (tertiary/aromatic N) is 3. The van der Waals surface area contributed by atoms with Gasteiger partial charge >= 0.3 is 12.0 Å². The van der Waals surface area contributed by atoms with Crippen molar-refractivity contribution in [3.8, 4) is 11.8 Å². The highest BCUT2D eigenvalue weighted by Crippen LogP contribution is 2.25. The summed E-state index contributed by atoms with van der Waals surface area (Å²) in [5.41, 5.74) is 0. The number of aromatic nitrogens is 3. The van der Waals surface area contributed by atoms with Gasteiger partial charge in [-0.05, 0) is 19.1 Å². The average molecular weight is 374 g/mol. The van der Waals surface area contributed by atoms with E-state index < -0.39 is 20.9 Å². The van der Waals surface area contributed by atoms with E-state index >= 15 is 0 Å². The number of halogens is 1. The lowest BCUT2D eigenvalue weighted by molar-refractivity contribution is 0.256. The molecule has 24 heavy (non-hydrogen) atoms. The van der Waals surface area contributed by atoms with Crippen molar-refractivity contribution in [1.29, 1.82) is 0 Å². The molecule has 1 aromatic heterocycles. The zero-order chi connectivity index (χ0) is 17.9. The second kappa shape index (κ2) is 6.84. The first-order valence-electron chi connectivity index (χ1n) is 6.30. The van der Waals surface area contributed by atoms with E-state index in [1.807, 2.05) is 0 Å². The largest absolute Gasteiger partial charge is 0.508 e. The summed E-state index contributed by atoms with van der Waals surface area (Å²) in [5.74, 6) is -0.261. The summed E-state index contributed by atoms with van der Waals surface area (Å²) in [5, 5.41) is 11.3. The van der Waals surface area contributed by atoms with E-state index in [2.05, 4.69) is 20.3 Å². The lowest BCUT2D eigenvalue weighted by atomic mass is 10.3. The van der Waals surface area contributed by atoms with Gasteiger partial charge in [-0.3, -0.25) is 5.32 Å². The van der Waals surface area contributed by atoms with Crippen molar-refractivity contribution in [2.24, 2.45) is 0 Å². The van der Waals surface area contributed by atoms with Gasteiger partial charge in [0.25, 0.3) is 10.0 Å². The molecule has 10 nitrogen and oxygen atoms in total. The molecular weight excluding hydrogens is 362 g/mol. The summed E-state index contributed by atoms with van der Waals surface area (Å²) in [6, 6.07) is 2.14. The average Bonchev–Trinajstić information content (AvgIpc) is 2.48. The van der Waals surface area contributed by atoms with Gasteiger partial charge in [0.2, 0.25) is 5.95 Å². The molecule has 2 rings (SSSR count). The first kappa shape index (κ1) is 17.7. The lowest BCUT2D eigenvalue weighted by Crippen LogP contribution is -2.35. The summed E-state index contributed by atoms with van der Waals surface area (Å²) >= 11 is 5.77. The molecule has 2 amide bonds. The monoisotopic (exact) mass is 373 g/mol. The predicted molar refractivity (Wildman–Crippen MR) is 83.6 cm³/mol. The summed E-state index contributed by atoms with van der Waals surface area (Å²) in [4.78, 5) is 22.8. The maximum atomic E-state index is 12.2. The van der Waals surface area contributed by atoms with E-state index in [0.29, 0.717) is 0 Å². The minimum Gasteiger partial charge on any atom is -0.508 e. The van der Waals surface area contributed by atoms with E-state index in [0.717, 1.165) is 6.07 Å². The molecule has 1 heterocycles. The topological polar surface area (TPSA) is 143 Å². The highest BCUT2D eigenvalue weighted by molar-refractivity contribution is 7.90. The number of nitrogens with one attached hydrogen (secondary N) is 2. The minimum atomic E-state index is -4.32. The molecule has 0 aliphatic heterocycles. The van der Waals surface area contributed by atoms with E-state index in [1.54, 1.807) is 4.72 Å².